The lowest BCUT2D eigenvalue weighted by Gasteiger charge is -2.10. The number of hydrogen-bond acceptors (Lipinski definition) is 2. The average Bonchev–Trinajstić information content (AvgIpc) is 2.42. The molecule has 1 N–H and O–H groups in total. The predicted molar refractivity (Wildman–Crippen MR) is 77.8 cm³/mol. The zero-order valence-corrected chi connectivity index (χ0v) is 12.5. The van der Waals surface area contributed by atoms with Crippen LogP contribution in [0, 0.1) is 12.7 Å². The van der Waals surface area contributed by atoms with Crippen molar-refractivity contribution < 1.29 is 12.8 Å². The zero-order chi connectivity index (χ0) is 14.9. The van der Waals surface area contributed by atoms with E-state index in [1.54, 1.807) is 25.1 Å². The lowest BCUT2D eigenvalue weighted by atomic mass is 10.0. The van der Waals surface area contributed by atoms with Gasteiger partial charge in [-0.05, 0) is 37.7 Å². The molecule has 2 rings (SSSR count). The molecule has 0 spiro atoms. The number of sulfonamides is 1. The van der Waals surface area contributed by atoms with E-state index in [-0.39, 0.29) is 10.5 Å². The molecule has 0 radical (unpaired) electrons. The number of rotatable bonds is 3. The lowest BCUT2D eigenvalue weighted by Crippen LogP contribution is -2.18. The second-order valence-corrected chi connectivity index (χ2v) is 6.58. The van der Waals surface area contributed by atoms with E-state index in [0.717, 1.165) is 0 Å². The fraction of sp³-hybridized carbons (Fsp3) is 0.143. The lowest BCUT2D eigenvalue weighted by molar-refractivity contribution is 0.588. The third-order valence-electron chi connectivity index (χ3n) is 3.00. The highest BCUT2D eigenvalue weighted by atomic mass is 35.5. The van der Waals surface area contributed by atoms with Crippen molar-refractivity contribution in [2.24, 2.45) is 0 Å². The molecule has 20 heavy (non-hydrogen) atoms. The van der Waals surface area contributed by atoms with Crippen LogP contribution < -0.4 is 4.72 Å². The van der Waals surface area contributed by atoms with Crippen LogP contribution in [0.3, 0.4) is 0 Å². The summed E-state index contributed by atoms with van der Waals surface area (Å²) in [6, 6.07) is 9.10. The molecule has 0 bridgehead atoms. The fourth-order valence-electron chi connectivity index (χ4n) is 1.85. The van der Waals surface area contributed by atoms with Gasteiger partial charge in [0.15, 0.2) is 0 Å². The first-order chi connectivity index (χ1) is 9.36. The van der Waals surface area contributed by atoms with Crippen LogP contribution in [0.15, 0.2) is 41.3 Å². The van der Waals surface area contributed by atoms with Gasteiger partial charge in [0.2, 0.25) is 10.0 Å². The van der Waals surface area contributed by atoms with E-state index in [9.17, 15) is 12.8 Å². The van der Waals surface area contributed by atoms with Crippen molar-refractivity contribution >= 4 is 21.6 Å². The van der Waals surface area contributed by atoms with Gasteiger partial charge in [0.05, 0.1) is 4.90 Å². The summed E-state index contributed by atoms with van der Waals surface area (Å²) in [6.45, 7) is 1.64. The van der Waals surface area contributed by atoms with Gasteiger partial charge >= 0.3 is 0 Å². The molecule has 3 nitrogen and oxygen atoms in total. The Morgan fingerprint density at radius 1 is 1.15 bits per heavy atom. The van der Waals surface area contributed by atoms with E-state index in [4.69, 9.17) is 11.6 Å². The van der Waals surface area contributed by atoms with Gasteiger partial charge in [-0.15, -0.1) is 0 Å². The maximum absolute atomic E-state index is 14.2. The Morgan fingerprint density at radius 3 is 2.50 bits per heavy atom. The Morgan fingerprint density at radius 2 is 1.85 bits per heavy atom. The molecule has 0 saturated heterocycles. The molecule has 0 aromatic heterocycles. The van der Waals surface area contributed by atoms with Crippen LogP contribution in [0.2, 0.25) is 5.02 Å². The van der Waals surface area contributed by atoms with Gasteiger partial charge in [-0.3, -0.25) is 0 Å². The highest BCUT2D eigenvalue weighted by Crippen LogP contribution is 2.32. The molecule has 6 heteroatoms. The molecule has 0 saturated carbocycles. The highest BCUT2D eigenvalue weighted by molar-refractivity contribution is 7.89. The largest absolute Gasteiger partial charge is 0.240 e. The van der Waals surface area contributed by atoms with E-state index in [0.29, 0.717) is 16.1 Å². The van der Waals surface area contributed by atoms with E-state index >= 15 is 0 Å². The monoisotopic (exact) mass is 313 g/mol. The standard InChI is InChI=1S/C14H13ClFNO2S/c1-9-4-3-5-11(14(9)16)12-8-10(6-7-13(12)15)20(18,19)17-2/h3-8,17H,1-2H3. The van der Waals surface area contributed by atoms with Crippen molar-refractivity contribution in [2.75, 3.05) is 7.05 Å². The predicted octanol–water partition coefficient (Wildman–Crippen LogP) is 3.36. The molecule has 0 heterocycles. The third kappa shape index (κ3) is 2.70. The minimum absolute atomic E-state index is 0.0420. The van der Waals surface area contributed by atoms with Crippen LogP contribution >= 0.6 is 11.6 Å². The summed E-state index contributed by atoms with van der Waals surface area (Å²) in [5, 5.41) is 0.296. The molecule has 0 aliphatic rings. The topological polar surface area (TPSA) is 46.2 Å². The number of nitrogens with one attached hydrogen (secondary N) is 1. The zero-order valence-electron chi connectivity index (χ0n) is 10.9. The third-order valence-corrected chi connectivity index (χ3v) is 4.74. The van der Waals surface area contributed by atoms with Gasteiger partial charge in [0.25, 0.3) is 0 Å². The number of hydrogen-bond donors (Lipinski definition) is 1. The summed E-state index contributed by atoms with van der Waals surface area (Å²) in [5.74, 6) is -0.409. The second kappa shape index (κ2) is 5.52. The Balaban J connectivity index is 2.69. The molecule has 0 amide bonds. The van der Waals surface area contributed by atoms with Gasteiger partial charge in [-0.25, -0.2) is 17.5 Å². The second-order valence-electron chi connectivity index (χ2n) is 4.29. The van der Waals surface area contributed by atoms with E-state index in [1.807, 2.05) is 0 Å². The van der Waals surface area contributed by atoms with Crippen LogP contribution in [0.5, 0.6) is 0 Å². The summed E-state index contributed by atoms with van der Waals surface area (Å²) < 4.78 is 40.0. The minimum atomic E-state index is -3.60. The van der Waals surface area contributed by atoms with Gasteiger partial charge in [-0.1, -0.05) is 29.8 Å². The fourth-order valence-corrected chi connectivity index (χ4v) is 2.83. The SMILES string of the molecule is CNS(=O)(=O)c1ccc(Cl)c(-c2cccc(C)c2F)c1. The van der Waals surface area contributed by atoms with Crippen molar-refractivity contribution in [3.63, 3.8) is 0 Å². The molecule has 0 unspecified atom stereocenters. The summed E-state index contributed by atoms with van der Waals surface area (Å²) in [6.07, 6.45) is 0. The Labute approximate surface area is 122 Å². The van der Waals surface area contributed by atoms with Crippen molar-refractivity contribution in [3.05, 3.63) is 52.8 Å². The van der Waals surface area contributed by atoms with Gasteiger partial charge in [0.1, 0.15) is 5.82 Å². The van der Waals surface area contributed by atoms with Crippen LogP contribution in [0.1, 0.15) is 5.56 Å². The Bertz CT molecular complexity index is 760. The van der Waals surface area contributed by atoms with Gasteiger partial charge in [-0.2, -0.15) is 0 Å². The van der Waals surface area contributed by atoms with Gasteiger partial charge < -0.3 is 0 Å². The normalized spacial score (nSPS) is 11.6. The van der Waals surface area contributed by atoms with Crippen LogP contribution in [-0.4, -0.2) is 15.5 Å². The molecule has 0 aliphatic carbocycles. The molecule has 2 aromatic rings. The Hall–Kier alpha value is -1.43. The maximum atomic E-state index is 14.2. The van der Waals surface area contributed by atoms with Crippen LogP contribution in [0.25, 0.3) is 11.1 Å². The molecule has 0 aliphatic heterocycles. The first-order valence-corrected chi connectivity index (χ1v) is 7.71. The molecule has 0 atom stereocenters. The number of halogens is 2. The molecule has 2 aromatic carbocycles. The Kier molecular flexibility index (Phi) is 4.13. The van der Waals surface area contributed by atoms with Crippen molar-refractivity contribution in [3.8, 4) is 11.1 Å². The summed E-state index contributed by atoms with van der Waals surface area (Å²) in [4.78, 5) is 0.0420. The summed E-state index contributed by atoms with van der Waals surface area (Å²) in [7, 11) is -2.28. The molecular formula is C14H13ClFNO2S. The van der Waals surface area contributed by atoms with Crippen LogP contribution in [0.4, 0.5) is 4.39 Å². The summed E-state index contributed by atoms with van der Waals surface area (Å²) in [5.41, 5.74) is 1.10. The average molecular weight is 314 g/mol. The molecule has 106 valence electrons. The summed E-state index contributed by atoms with van der Waals surface area (Å²) >= 11 is 6.07. The first kappa shape index (κ1) is 15.0. The van der Waals surface area contributed by atoms with Crippen molar-refractivity contribution in [1.82, 2.24) is 4.72 Å². The number of aryl methyl sites for hydroxylation is 1. The quantitative estimate of drug-likeness (QED) is 0.944. The first-order valence-electron chi connectivity index (χ1n) is 5.85. The van der Waals surface area contributed by atoms with E-state index < -0.39 is 15.8 Å². The maximum Gasteiger partial charge on any atom is 0.240 e. The molecule has 0 fully saturated rings. The van der Waals surface area contributed by atoms with Crippen molar-refractivity contribution in [1.29, 1.82) is 0 Å². The van der Waals surface area contributed by atoms with E-state index in [1.165, 1.54) is 25.2 Å². The van der Waals surface area contributed by atoms with Crippen LogP contribution in [-0.2, 0) is 10.0 Å². The number of benzene rings is 2. The van der Waals surface area contributed by atoms with Crippen molar-refractivity contribution in [2.45, 2.75) is 11.8 Å². The molecular weight excluding hydrogens is 301 g/mol. The van der Waals surface area contributed by atoms with Gasteiger partial charge in [0, 0.05) is 16.1 Å². The smallest absolute Gasteiger partial charge is 0.214 e. The van der Waals surface area contributed by atoms with E-state index in [2.05, 4.69) is 4.72 Å². The minimum Gasteiger partial charge on any atom is -0.214 e. The highest BCUT2D eigenvalue weighted by Gasteiger charge is 2.16.